The Bertz CT molecular complexity index is 391. The standard InChI is InChI=1S/C12H24N2O2S/c1-10-6-5-7-13(9-10)17(15,16)14-11(2)8-12(14,3)4/h10-11H,5-9H2,1-4H3. The van der Waals surface area contributed by atoms with Crippen LogP contribution in [0.5, 0.6) is 0 Å². The van der Waals surface area contributed by atoms with Crippen LogP contribution in [0, 0.1) is 5.92 Å². The lowest BCUT2D eigenvalue weighted by Gasteiger charge is -2.54. The molecule has 4 nitrogen and oxygen atoms in total. The van der Waals surface area contributed by atoms with Gasteiger partial charge in [-0.25, -0.2) is 0 Å². The summed E-state index contributed by atoms with van der Waals surface area (Å²) >= 11 is 0. The lowest BCUT2D eigenvalue weighted by molar-refractivity contribution is 0.0379. The van der Waals surface area contributed by atoms with Crippen molar-refractivity contribution < 1.29 is 8.42 Å². The lowest BCUT2D eigenvalue weighted by atomic mass is 9.86. The van der Waals surface area contributed by atoms with E-state index in [-0.39, 0.29) is 11.6 Å². The van der Waals surface area contributed by atoms with Crippen molar-refractivity contribution in [3.8, 4) is 0 Å². The molecule has 2 aliphatic heterocycles. The fraction of sp³-hybridized carbons (Fsp3) is 1.00. The van der Waals surface area contributed by atoms with E-state index < -0.39 is 10.2 Å². The Hall–Kier alpha value is -0.130. The summed E-state index contributed by atoms with van der Waals surface area (Å²) in [6.45, 7) is 9.52. The molecule has 0 aromatic carbocycles. The fourth-order valence-electron chi connectivity index (χ4n) is 3.40. The highest BCUT2D eigenvalue weighted by molar-refractivity contribution is 7.86. The van der Waals surface area contributed by atoms with E-state index in [2.05, 4.69) is 6.92 Å². The maximum Gasteiger partial charge on any atom is 0.282 e. The van der Waals surface area contributed by atoms with E-state index in [9.17, 15) is 8.42 Å². The quantitative estimate of drug-likeness (QED) is 0.760. The van der Waals surface area contributed by atoms with Gasteiger partial charge in [-0.3, -0.25) is 0 Å². The number of hydrogen-bond acceptors (Lipinski definition) is 2. The van der Waals surface area contributed by atoms with Crippen LogP contribution < -0.4 is 0 Å². The first kappa shape index (κ1) is 13.3. The van der Waals surface area contributed by atoms with Gasteiger partial charge >= 0.3 is 0 Å². The van der Waals surface area contributed by atoms with Gasteiger partial charge in [0.25, 0.3) is 10.2 Å². The molecular formula is C12H24N2O2S. The smallest absolute Gasteiger partial charge is 0.195 e. The van der Waals surface area contributed by atoms with E-state index in [1.165, 1.54) is 0 Å². The first-order valence-corrected chi connectivity index (χ1v) is 7.94. The largest absolute Gasteiger partial charge is 0.282 e. The summed E-state index contributed by atoms with van der Waals surface area (Å²) in [5, 5.41) is 0. The molecule has 2 fully saturated rings. The normalized spacial score (nSPS) is 35.5. The Morgan fingerprint density at radius 1 is 1.24 bits per heavy atom. The molecule has 17 heavy (non-hydrogen) atoms. The molecule has 2 rings (SSSR count). The van der Waals surface area contributed by atoms with Gasteiger partial charge in [0.2, 0.25) is 0 Å². The van der Waals surface area contributed by atoms with Crippen molar-refractivity contribution in [1.29, 1.82) is 0 Å². The van der Waals surface area contributed by atoms with Gasteiger partial charge in [-0.2, -0.15) is 17.0 Å². The van der Waals surface area contributed by atoms with E-state index in [1.54, 1.807) is 8.61 Å². The Balaban J connectivity index is 2.18. The zero-order valence-corrected chi connectivity index (χ0v) is 12.1. The van der Waals surface area contributed by atoms with Crippen LogP contribution in [0.1, 0.15) is 47.0 Å². The Morgan fingerprint density at radius 2 is 1.88 bits per heavy atom. The topological polar surface area (TPSA) is 40.6 Å². The van der Waals surface area contributed by atoms with Crippen LogP contribution >= 0.6 is 0 Å². The summed E-state index contributed by atoms with van der Waals surface area (Å²) < 4.78 is 28.6. The summed E-state index contributed by atoms with van der Waals surface area (Å²) in [4.78, 5) is 0. The highest BCUT2D eigenvalue weighted by Gasteiger charge is 2.51. The van der Waals surface area contributed by atoms with E-state index >= 15 is 0 Å². The van der Waals surface area contributed by atoms with Crippen LogP contribution in [-0.4, -0.2) is 41.7 Å². The fourth-order valence-corrected chi connectivity index (χ4v) is 5.68. The number of hydrogen-bond donors (Lipinski definition) is 0. The zero-order chi connectivity index (χ0) is 12.8. The predicted molar refractivity (Wildman–Crippen MR) is 68.9 cm³/mol. The molecule has 0 saturated carbocycles. The molecule has 0 N–H and O–H groups in total. The SMILES string of the molecule is CC1CCCN(S(=O)(=O)N2C(C)CC2(C)C)C1. The molecule has 0 amide bonds. The van der Waals surface area contributed by atoms with Crippen LogP contribution in [0.15, 0.2) is 0 Å². The molecule has 2 saturated heterocycles. The number of rotatable bonds is 2. The second-order valence-electron chi connectivity index (χ2n) is 6.27. The molecule has 2 heterocycles. The molecule has 0 bridgehead atoms. The second kappa shape index (κ2) is 4.21. The van der Waals surface area contributed by atoms with Crippen molar-refractivity contribution in [3.05, 3.63) is 0 Å². The van der Waals surface area contributed by atoms with Crippen molar-refractivity contribution in [2.75, 3.05) is 13.1 Å². The van der Waals surface area contributed by atoms with Gasteiger partial charge in [-0.05, 0) is 46.0 Å². The summed E-state index contributed by atoms with van der Waals surface area (Å²) in [6.07, 6.45) is 3.09. The van der Waals surface area contributed by atoms with E-state index in [0.29, 0.717) is 19.0 Å². The van der Waals surface area contributed by atoms with Crippen molar-refractivity contribution in [2.45, 2.75) is 58.5 Å². The Labute approximate surface area is 105 Å². The molecule has 0 spiro atoms. The van der Waals surface area contributed by atoms with Gasteiger partial charge < -0.3 is 0 Å². The molecule has 0 aromatic rings. The minimum Gasteiger partial charge on any atom is -0.195 e. The summed E-state index contributed by atoms with van der Waals surface area (Å²) in [6, 6.07) is 0.146. The molecule has 100 valence electrons. The van der Waals surface area contributed by atoms with Crippen LogP contribution in [0.2, 0.25) is 0 Å². The molecule has 2 atom stereocenters. The summed E-state index contributed by atoms with van der Waals surface area (Å²) in [5.74, 6) is 0.484. The third kappa shape index (κ3) is 2.25. The molecule has 5 heteroatoms. The van der Waals surface area contributed by atoms with Crippen molar-refractivity contribution >= 4 is 10.2 Å². The minimum absolute atomic E-state index is 0.146. The summed E-state index contributed by atoms with van der Waals surface area (Å²) in [7, 11) is -3.25. The minimum atomic E-state index is -3.25. The van der Waals surface area contributed by atoms with Crippen LogP contribution in [0.25, 0.3) is 0 Å². The highest BCUT2D eigenvalue weighted by atomic mass is 32.2. The van der Waals surface area contributed by atoms with Gasteiger partial charge in [-0.1, -0.05) is 6.92 Å². The van der Waals surface area contributed by atoms with E-state index in [1.807, 2.05) is 20.8 Å². The van der Waals surface area contributed by atoms with Gasteiger partial charge in [0, 0.05) is 24.7 Å². The van der Waals surface area contributed by atoms with E-state index in [4.69, 9.17) is 0 Å². The van der Waals surface area contributed by atoms with Crippen molar-refractivity contribution in [2.24, 2.45) is 5.92 Å². The molecule has 2 unspecified atom stereocenters. The molecular weight excluding hydrogens is 236 g/mol. The number of nitrogens with zero attached hydrogens (tertiary/aromatic N) is 2. The second-order valence-corrected chi connectivity index (χ2v) is 8.08. The van der Waals surface area contributed by atoms with Gasteiger partial charge in [-0.15, -0.1) is 0 Å². The average Bonchev–Trinajstić information content (AvgIpc) is 2.14. The van der Waals surface area contributed by atoms with Crippen molar-refractivity contribution in [1.82, 2.24) is 8.61 Å². The maximum atomic E-state index is 12.6. The molecule has 0 aliphatic carbocycles. The Kier molecular flexibility index (Phi) is 3.30. The van der Waals surface area contributed by atoms with Gasteiger partial charge in [0.1, 0.15) is 0 Å². The third-order valence-electron chi connectivity index (χ3n) is 3.99. The third-order valence-corrected chi connectivity index (χ3v) is 6.32. The molecule has 0 aromatic heterocycles. The van der Waals surface area contributed by atoms with Crippen molar-refractivity contribution in [3.63, 3.8) is 0 Å². The Morgan fingerprint density at radius 3 is 2.35 bits per heavy atom. The van der Waals surface area contributed by atoms with E-state index in [0.717, 1.165) is 19.3 Å². The zero-order valence-electron chi connectivity index (χ0n) is 11.3. The van der Waals surface area contributed by atoms with Crippen LogP contribution in [0.3, 0.4) is 0 Å². The van der Waals surface area contributed by atoms with Gasteiger partial charge in [0.15, 0.2) is 0 Å². The molecule has 0 radical (unpaired) electrons. The average molecular weight is 260 g/mol. The van der Waals surface area contributed by atoms with Crippen LogP contribution in [-0.2, 0) is 10.2 Å². The molecule has 2 aliphatic rings. The first-order valence-electron chi connectivity index (χ1n) is 6.55. The number of piperidine rings is 1. The highest BCUT2D eigenvalue weighted by Crippen LogP contribution is 2.40. The lowest BCUT2D eigenvalue weighted by Crippen LogP contribution is -2.66. The maximum absolute atomic E-state index is 12.6. The predicted octanol–water partition coefficient (Wildman–Crippen LogP) is 1.84. The first-order chi connectivity index (χ1) is 7.75. The monoisotopic (exact) mass is 260 g/mol. The van der Waals surface area contributed by atoms with Gasteiger partial charge in [0.05, 0.1) is 0 Å². The van der Waals surface area contributed by atoms with Crippen LogP contribution in [0.4, 0.5) is 0 Å². The summed E-state index contributed by atoms with van der Waals surface area (Å²) in [5.41, 5.74) is -0.209.